The monoisotopic (exact) mass is 365 g/mol. The van der Waals surface area contributed by atoms with Gasteiger partial charge in [-0.1, -0.05) is 30.3 Å². The number of ether oxygens (including phenoxy) is 3. The third-order valence-electron chi connectivity index (χ3n) is 4.51. The number of amides is 1. The number of nitrogens with zero attached hydrogens (tertiary/aromatic N) is 1. The van der Waals surface area contributed by atoms with E-state index < -0.39 is 0 Å². The molecule has 3 aromatic carbocycles. The maximum Gasteiger partial charge on any atom is 0.257 e. The molecule has 27 heavy (non-hydrogen) atoms. The summed E-state index contributed by atoms with van der Waals surface area (Å²) >= 11 is 0. The van der Waals surface area contributed by atoms with Crippen LogP contribution in [-0.4, -0.2) is 39.2 Å². The zero-order chi connectivity index (χ0) is 19.4. The minimum absolute atomic E-state index is 0.104. The van der Waals surface area contributed by atoms with Crippen LogP contribution in [0.3, 0.4) is 0 Å². The van der Waals surface area contributed by atoms with E-state index in [1.165, 1.54) is 0 Å². The van der Waals surface area contributed by atoms with E-state index in [4.69, 9.17) is 14.2 Å². The van der Waals surface area contributed by atoms with E-state index in [1.807, 2.05) is 54.6 Å². The van der Waals surface area contributed by atoms with Crippen molar-refractivity contribution in [2.75, 3.05) is 28.4 Å². The van der Waals surface area contributed by atoms with Crippen molar-refractivity contribution < 1.29 is 19.0 Å². The number of hydrogen-bond donors (Lipinski definition) is 0. The van der Waals surface area contributed by atoms with Crippen LogP contribution in [-0.2, 0) is 6.54 Å². The molecule has 3 rings (SSSR count). The molecule has 140 valence electrons. The molecular weight excluding hydrogens is 342 g/mol. The molecule has 0 spiro atoms. The second kappa shape index (κ2) is 7.99. The molecule has 0 fully saturated rings. The summed E-state index contributed by atoms with van der Waals surface area (Å²) in [4.78, 5) is 14.7. The molecule has 3 aromatic rings. The van der Waals surface area contributed by atoms with Crippen LogP contribution in [0, 0.1) is 0 Å². The van der Waals surface area contributed by atoms with E-state index in [0.29, 0.717) is 29.4 Å². The Hall–Kier alpha value is -3.21. The first-order valence-corrected chi connectivity index (χ1v) is 8.60. The molecule has 5 nitrogen and oxygen atoms in total. The number of fused-ring (bicyclic) bond motifs is 1. The first-order chi connectivity index (χ1) is 13.1. The maximum atomic E-state index is 13.0. The number of benzene rings is 3. The van der Waals surface area contributed by atoms with E-state index >= 15 is 0 Å². The summed E-state index contributed by atoms with van der Waals surface area (Å²) in [6.45, 7) is 0.440. The summed E-state index contributed by atoms with van der Waals surface area (Å²) in [7, 11) is 6.54. The largest absolute Gasteiger partial charge is 0.496 e. The number of carbonyl (C=O) groups is 1. The lowest BCUT2D eigenvalue weighted by molar-refractivity contribution is 0.0782. The summed E-state index contributed by atoms with van der Waals surface area (Å²) in [6.07, 6.45) is 0. The zero-order valence-electron chi connectivity index (χ0n) is 16.0. The highest BCUT2D eigenvalue weighted by Gasteiger charge is 2.18. The number of methoxy groups -OCH3 is 3. The van der Waals surface area contributed by atoms with Crippen molar-refractivity contribution in [1.29, 1.82) is 0 Å². The third-order valence-corrected chi connectivity index (χ3v) is 4.51. The van der Waals surface area contributed by atoms with Gasteiger partial charge in [-0.2, -0.15) is 0 Å². The van der Waals surface area contributed by atoms with E-state index in [9.17, 15) is 4.79 Å². The van der Waals surface area contributed by atoms with E-state index in [0.717, 1.165) is 16.3 Å². The van der Waals surface area contributed by atoms with Crippen molar-refractivity contribution >= 4 is 16.7 Å². The van der Waals surface area contributed by atoms with Gasteiger partial charge in [0.1, 0.15) is 5.75 Å². The van der Waals surface area contributed by atoms with Crippen LogP contribution in [0.15, 0.2) is 54.6 Å². The molecule has 0 aromatic heterocycles. The van der Waals surface area contributed by atoms with Crippen LogP contribution in [0.1, 0.15) is 15.9 Å². The van der Waals surface area contributed by atoms with Crippen molar-refractivity contribution in [2.24, 2.45) is 0 Å². The number of hydrogen-bond acceptors (Lipinski definition) is 4. The first-order valence-electron chi connectivity index (χ1n) is 8.60. The molecule has 5 heteroatoms. The van der Waals surface area contributed by atoms with Gasteiger partial charge >= 0.3 is 0 Å². The quantitative estimate of drug-likeness (QED) is 0.659. The predicted octanol–water partition coefficient (Wildman–Crippen LogP) is 4.14. The molecule has 0 aliphatic carbocycles. The van der Waals surface area contributed by atoms with E-state index in [1.54, 1.807) is 33.3 Å². The molecule has 0 unspecified atom stereocenters. The average molecular weight is 365 g/mol. The highest BCUT2D eigenvalue weighted by atomic mass is 16.5. The lowest BCUT2D eigenvalue weighted by Crippen LogP contribution is -2.26. The fourth-order valence-corrected chi connectivity index (χ4v) is 3.09. The van der Waals surface area contributed by atoms with Gasteiger partial charge < -0.3 is 19.1 Å². The highest BCUT2D eigenvalue weighted by molar-refractivity contribution is 6.01. The Kier molecular flexibility index (Phi) is 5.50. The van der Waals surface area contributed by atoms with Crippen LogP contribution >= 0.6 is 0 Å². The van der Waals surface area contributed by atoms with Crippen LogP contribution in [0.4, 0.5) is 0 Å². The van der Waals surface area contributed by atoms with Crippen molar-refractivity contribution in [3.05, 3.63) is 65.7 Å². The predicted molar refractivity (Wildman–Crippen MR) is 106 cm³/mol. The molecule has 0 heterocycles. The highest BCUT2D eigenvalue weighted by Crippen LogP contribution is 2.29. The standard InChI is InChI=1S/C22H23NO4/c1-23(14-15-9-10-19(25-2)21(11-15)27-4)22(24)18-12-16-7-5-6-8-17(16)13-20(18)26-3/h5-13H,14H2,1-4H3. The van der Waals surface area contributed by atoms with Crippen LogP contribution in [0.2, 0.25) is 0 Å². The summed E-state index contributed by atoms with van der Waals surface area (Å²) in [5, 5.41) is 2.04. The molecule has 1 amide bonds. The SMILES string of the molecule is COc1ccc(CN(C)C(=O)c2cc3ccccc3cc2OC)cc1OC. The Morgan fingerprint density at radius 3 is 2.07 bits per heavy atom. The van der Waals surface area contributed by atoms with Crippen molar-refractivity contribution in [1.82, 2.24) is 4.90 Å². The Balaban J connectivity index is 1.88. The van der Waals surface area contributed by atoms with Gasteiger partial charge in [0.25, 0.3) is 5.91 Å². The second-order valence-corrected chi connectivity index (χ2v) is 6.25. The van der Waals surface area contributed by atoms with Gasteiger partial charge in [0, 0.05) is 13.6 Å². The smallest absolute Gasteiger partial charge is 0.257 e. The topological polar surface area (TPSA) is 48.0 Å². The lowest BCUT2D eigenvalue weighted by atomic mass is 10.0. The van der Waals surface area contributed by atoms with Gasteiger partial charge in [0.05, 0.1) is 26.9 Å². The molecular formula is C22H23NO4. The minimum atomic E-state index is -0.104. The van der Waals surface area contributed by atoms with Gasteiger partial charge in [-0.25, -0.2) is 0 Å². The summed E-state index contributed by atoms with van der Waals surface area (Å²) in [5.74, 6) is 1.76. The Morgan fingerprint density at radius 2 is 1.44 bits per heavy atom. The number of rotatable bonds is 6. The third kappa shape index (κ3) is 3.82. The van der Waals surface area contributed by atoms with Gasteiger partial charge in [-0.3, -0.25) is 4.79 Å². The molecule has 0 N–H and O–H groups in total. The van der Waals surface area contributed by atoms with Gasteiger partial charge in [0.2, 0.25) is 0 Å². The van der Waals surface area contributed by atoms with Crippen molar-refractivity contribution in [3.8, 4) is 17.2 Å². The normalized spacial score (nSPS) is 10.5. The summed E-state index contributed by atoms with van der Waals surface area (Å²) in [5.41, 5.74) is 1.49. The Morgan fingerprint density at radius 1 is 0.815 bits per heavy atom. The average Bonchev–Trinajstić information content (AvgIpc) is 2.71. The van der Waals surface area contributed by atoms with E-state index in [2.05, 4.69) is 0 Å². The molecule has 0 saturated heterocycles. The lowest BCUT2D eigenvalue weighted by Gasteiger charge is -2.20. The maximum absolute atomic E-state index is 13.0. The van der Waals surface area contributed by atoms with Crippen LogP contribution < -0.4 is 14.2 Å². The Bertz CT molecular complexity index is 968. The molecule has 0 aliphatic heterocycles. The Labute approximate surface area is 159 Å². The summed E-state index contributed by atoms with van der Waals surface area (Å²) < 4.78 is 16.1. The van der Waals surface area contributed by atoms with Gasteiger partial charge in [0.15, 0.2) is 11.5 Å². The van der Waals surface area contributed by atoms with Crippen molar-refractivity contribution in [3.63, 3.8) is 0 Å². The van der Waals surface area contributed by atoms with Gasteiger partial charge in [-0.15, -0.1) is 0 Å². The van der Waals surface area contributed by atoms with Crippen LogP contribution in [0.5, 0.6) is 17.2 Å². The molecule has 0 bridgehead atoms. The summed E-state index contributed by atoms with van der Waals surface area (Å²) in [6, 6.07) is 17.3. The fraction of sp³-hybridized carbons (Fsp3) is 0.227. The van der Waals surface area contributed by atoms with Crippen LogP contribution in [0.25, 0.3) is 10.8 Å². The molecule has 0 saturated carbocycles. The first kappa shape index (κ1) is 18.6. The van der Waals surface area contributed by atoms with Crippen molar-refractivity contribution in [2.45, 2.75) is 6.54 Å². The van der Waals surface area contributed by atoms with E-state index in [-0.39, 0.29) is 5.91 Å². The second-order valence-electron chi connectivity index (χ2n) is 6.25. The van der Waals surface area contributed by atoms with Gasteiger partial charge in [-0.05, 0) is 40.6 Å². The number of carbonyl (C=O) groups excluding carboxylic acids is 1. The zero-order valence-corrected chi connectivity index (χ0v) is 16.0. The molecule has 0 atom stereocenters. The molecule has 0 aliphatic rings. The fourth-order valence-electron chi connectivity index (χ4n) is 3.09. The molecule has 0 radical (unpaired) electrons. The minimum Gasteiger partial charge on any atom is -0.496 e.